The van der Waals surface area contributed by atoms with E-state index < -0.39 is 28.5 Å². The number of hydrogen-bond donors (Lipinski definition) is 2. The number of primary sulfonamides is 1. The van der Waals surface area contributed by atoms with Gasteiger partial charge in [0.15, 0.2) is 6.61 Å². The molecule has 0 spiro atoms. The molecule has 0 aromatic heterocycles. The number of hydrogen-bond acceptors (Lipinski definition) is 5. The average Bonchev–Trinajstić information content (AvgIpc) is 2.35. The smallest absolute Gasteiger partial charge is 0.333 e. The van der Waals surface area contributed by atoms with Gasteiger partial charge in [0.1, 0.15) is 0 Å². The summed E-state index contributed by atoms with van der Waals surface area (Å²) in [5.41, 5.74) is 0.545. The van der Waals surface area contributed by atoms with Crippen LogP contribution in [0.15, 0.2) is 41.3 Å². The van der Waals surface area contributed by atoms with E-state index in [0.29, 0.717) is 5.69 Å². The molecule has 0 atom stereocenters. The van der Waals surface area contributed by atoms with Crippen molar-refractivity contribution in [2.45, 2.75) is 11.8 Å². The van der Waals surface area contributed by atoms with Gasteiger partial charge in [0, 0.05) is 11.3 Å². The van der Waals surface area contributed by atoms with Gasteiger partial charge in [0.25, 0.3) is 5.91 Å². The second-order valence-electron chi connectivity index (χ2n) is 3.97. The van der Waals surface area contributed by atoms with Crippen molar-refractivity contribution in [1.82, 2.24) is 0 Å². The molecule has 0 aliphatic rings. The van der Waals surface area contributed by atoms with Crippen LogP contribution in [0.1, 0.15) is 6.92 Å². The van der Waals surface area contributed by atoms with E-state index in [9.17, 15) is 18.0 Å². The molecule has 8 heteroatoms. The van der Waals surface area contributed by atoms with Gasteiger partial charge in [-0.15, -0.1) is 0 Å². The van der Waals surface area contributed by atoms with Crippen LogP contribution in [0.25, 0.3) is 0 Å². The zero-order valence-electron chi connectivity index (χ0n) is 10.8. The monoisotopic (exact) mass is 298 g/mol. The fraction of sp³-hybridized carbons (Fsp3) is 0.167. The molecule has 108 valence electrons. The quantitative estimate of drug-likeness (QED) is 0.602. The summed E-state index contributed by atoms with van der Waals surface area (Å²) < 4.78 is 26.7. The minimum atomic E-state index is -3.77. The summed E-state index contributed by atoms with van der Waals surface area (Å²) in [5.74, 6) is -1.22. The number of benzene rings is 1. The number of anilines is 1. The van der Waals surface area contributed by atoms with E-state index in [2.05, 4.69) is 16.6 Å². The summed E-state index contributed by atoms with van der Waals surface area (Å²) in [7, 11) is -3.77. The highest BCUT2D eigenvalue weighted by molar-refractivity contribution is 7.89. The van der Waals surface area contributed by atoms with Crippen LogP contribution in [0, 0.1) is 0 Å². The number of esters is 1. The van der Waals surface area contributed by atoms with Crippen LogP contribution < -0.4 is 10.5 Å². The van der Waals surface area contributed by atoms with Crippen LogP contribution in [0.2, 0.25) is 0 Å². The van der Waals surface area contributed by atoms with E-state index in [1.165, 1.54) is 31.2 Å². The normalized spacial score (nSPS) is 10.7. The molecular formula is C12H14N2O5S. The van der Waals surface area contributed by atoms with Crippen molar-refractivity contribution in [1.29, 1.82) is 0 Å². The lowest BCUT2D eigenvalue weighted by molar-refractivity contribution is -0.143. The van der Waals surface area contributed by atoms with Crippen LogP contribution in [0.5, 0.6) is 0 Å². The van der Waals surface area contributed by atoms with Gasteiger partial charge in [-0.3, -0.25) is 4.79 Å². The predicted molar refractivity (Wildman–Crippen MR) is 72.2 cm³/mol. The highest BCUT2D eigenvalue weighted by Crippen LogP contribution is 2.12. The second kappa shape index (κ2) is 6.31. The van der Waals surface area contributed by atoms with E-state index in [4.69, 9.17) is 5.14 Å². The lowest BCUT2D eigenvalue weighted by Gasteiger charge is -2.07. The Balaban J connectivity index is 2.59. The average molecular weight is 298 g/mol. The summed E-state index contributed by atoms with van der Waals surface area (Å²) in [6, 6.07) is 5.26. The number of sulfonamides is 1. The summed E-state index contributed by atoms with van der Waals surface area (Å²) >= 11 is 0. The fourth-order valence-corrected chi connectivity index (χ4v) is 1.69. The SMILES string of the molecule is C=C(C)C(=O)OCC(=O)Nc1ccc(S(N)(=O)=O)cc1. The van der Waals surface area contributed by atoms with Gasteiger partial charge in [-0.1, -0.05) is 6.58 Å². The van der Waals surface area contributed by atoms with E-state index in [1.807, 2.05) is 0 Å². The first-order valence-corrected chi connectivity index (χ1v) is 7.00. The molecule has 0 aliphatic heterocycles. The van der Waals surface area contributed by atoms with Gasteiger partial charge < -0.3 is 10.1 Å². The molecule has 0 saturated carbocycles. The van der Waals surface area contributed by atoms with Gasteiger partial charge in [0.05, 0.1) is 4.90 Å². The van der Waals surface area contributed by atoms with Crippen molar-refractivity contribution in [3.05, 3.63) is 36.4 Å². The third kappa shape index (κ3) is 4.82. The van der Waals surface area contributed by atoms with Crippen molar-refractivity contribution in [3.63, 3.8) is 0 Å². The van der Waals surface area contributed by atoms with Crippen LogP contribution in [0.4, 0.5) is 5.69 Å². The zero-order valence-corrected chi connectivity index (χ0v) is 11.6. The molecule has 0 aliphatic carbocycles. The summed E-state index contributed by atoms with van der Waals surface area (Å²) in [4.78, 5) is 22.5. The summed E-state index contributed by atoms with van der Waals surface area (Å²) in [6.45, 7) is 4.38. The minimum Gasteiger partial charge on any atom is -0.452 e. The highest BCUT2D eigenvalue weighted by atomic mass is 32.2. The molecule has 0 unspecified atom stereocenters. The Morgan fingerprint density at radius 1 is 1.30 bits per heavy atom. The van der Waals surface area contributed by atoms with Crippen molar-refractivity contribution >= 4 is 27.6 Å². The maximum Gasteiger partial charge on any atom is 0.333 e. The molecule has 1 amide bonds. The fourth-order valence-electron chi connectivity index (χ4n) is 1.18. The lowest BCUT2D eigenvalue weighted by Crippen LogP contribution is -2.21. The van der Waals surface area contributed by atoms with Crippen molar-refractivity contribution in [3.8, 4) is 0 Å². The van der Waals surface area contributed by atoms with Crippen LogP contribution in [-0.4, -0.2) is 26.9 Å². The van der Waals surface area contributed by atoms with E-state index in [0.717, 1.165) is 0 Å². The number of carbonyl (C=O) groups is 2. The Kier molecular flexibility index (Phi) is 5.00. The van der Waals surface area contributed by atoms with Gasteiger partial charge in [-0.05, 0) is 31.2 Å². The first-order chi connectivity index (χ1) is 9.20. The van der Waals surface area contributed by atoms with Crippen LogP contribution in [-0.2, 0) is 24.3 Å². The first-order valence-electron chi connectivity index (χ1n) is 5.45. The maximum absolute atomic E-state index is 11.5. The zero-order chi connectivity index (χ0) is 15.3. The summed E-state index contributed by atoms with van der Waals surface area (Å²) in [6.07, 6.45) is 0. The Bertz CT molecular complexity index is 634. The maximum atomic E-state index is 11.5. The molecule has 1 rings (SSSR count). The Morgan fingerprint density at radius 3 is 2.30 bits per heavy atom. The molecule has 20 heavy (non-hydrogen) atoms. The number of nitrogens with two attached hydrogens (primary N) is 1. The van der Waals surface area contributed by atoms with Crippen molar-refractivity contribution in [2.75, 3.05) is 11.9 Å². The topological polar surface area (TPSA) is 116 Å². The van der Waals surface area contributed by atoms with E-state index in [1.54, 1.807) is 0 Å². The summed E-state index contributed by atoms with van der Waals surface area (Å²) in [5, 5.41) is 7.37. The van der Waals surface area contributed by atoms with Gasteiger partial charge >= 0.3 is 5.97 Å². The number of ether oxygens (including phenoxy) is 1. The largest absolute Gasteiger partial charge is 0.452 e. The minimum absolute atomic E-state index is 0.0655. The molecule has 1 aromatic carbocycles. The Hall–Kier alpha value is -2.19. The van der Waals surface area contributed by atoms with E-state index in [-0.39, 0.29) is 10.5 Å². The lowest BCUT2D eigenvalue weighted by atomic mass is 10.3. The van der Waals surface area contributed by atoms with Crippen LogP contribution >= 0.6 is 0 Å². The van der Waals surface area contributed by atoms with Crippen molar-refractivity contribution < 1.29 is 22.7 Å². The Labute approximate surface area is 116 Å². The van der Waals surface area contributed by atoms with Crippen molar-refractivity contribution in [2.24, 2.45) is 5.14 Å². The molecule has 1 aromatic rings. The Morgan fingerprint density at radius 2 is 1.85 bits per heavy atom. The molecule has 0 bridgehead atoms. The molecule has 0 heterocycles. The van der Waals surface area contributed by atoms with Gasteiger partial charge in [0.2, 0.25) is 10.0 Å². The van der Waals surface area contributed by atoms with Gasteiger partial charge in [-0.25, -0.2) is 18.4 Å². The first kappa shape index (κ1) is 15.9. The third-order valence-corrected chi connectivity index (χ3v) is 3.08. The standard InChI is InChI=1S/C12H14N2O5S/c1-8(2)12(16)19-7-11(15)14-9-3-5-10(6-4-9)20(13,17)18/h3-6H,1,7H2,2H3,(H,14,15)(H2,13,17,18). The molecule has 0 radical (unpaired) electrons. The number of carbonyl (C=O) groups excluding carboxylic acids is 2. The molecule has 0 saturated heterocycles. The highest BCUT2D eigenvalue weighted by Gasteiger charge is 2.10. The van der Waals surface area contributed by atoms with Crippen LogP contribution in [0.3, 0.4) is 0 Å². The predicted octanol–water partition coefficient (Wildman–Crippen LogP) is 0.392. The molecule has 3 N–H and O–H groups in total. The molecular weight excluding hydrogens is 284 g/mol. The second-order valence-corrected chi connectivity index (χ2v) is 5.54. The molecule has 0 fully saturated rings. The molecule has 7 nitrogen and oxygen atoms in total. The number of nitrogens with one attached hydrogen (secondary N) is 1. The van der Waals surface area contributed by atoms with Gasteiger partial charge in [-0.2, -0.15) is 0 Å². The third-order valence-electron chi connectivity index (χ3n) is 2.15. The van der Waals surface area contributed by atoms with E-state index >= 15 is 0 Å². The number of amides is 1. The number of rotatable bonds is 5.